The third-order valence-corrected chi connectivity index (χ3v) is 3.82. The summed E-state index contributed by atoms with van der Waals surface area (Å²) in [6.45, 7) is 5.20. The van der Waals surface area contributed by atoms with Gasteiger partial charge in [-0.25, -0.2) is 9.67 Å². The first-order valence-electron chi connectivity index (χ1n) is 8.18. The number of hydrogen-bond donors (Lipinski definition) is 2. The van der Waals surface area contributed by atoms with E-state index in [0.717, 1.165) is 23.5 Å². The molecule has 0 spiro atoms. The lowest BCUT2D eigenvalue weighted by Crippen LogP contribution is -2.10. The number of nitrogens with zero attached hydrogens (tertiary/aromatic N) is 4. The number of aromatic nitrogens is 4. The van der Waals surface area contributed by atoms with Crippen LogP contribution in [0.5, 0.6) is 0 Å². The Bertz CT molecular complexity index is 966. The first kappa shape index (κ1) is 18.8. The highest BCUT2D eigenvalue weighted by atomic mass is 19.4. The Balaban J connectivity index is 2.02. The Morgan fingerprint density at radius 3 is 2.44 bits per heavy atom. The minimum absolute atomic E-state index is 0.216. The van der Waals surface area contributed by atoms with Gasteiger partial charge in [-0.1, -0.05) is 6.07 Å². The van der Waals surface area contributed by atoms with Gasteiger partial charge >= 0.3 is 6.18 Å². The molecule has 1 aromatic carbocycles. The Kier molecular flexibility index (Phi) is 4.88. The zero-order valence-corrected chi connectivity index (χ0v) is 14.9. The van der Waals surface area contributed by atoms with E-state index in [4.69, 9.17) is 0 Å². The monoisotopic (exact) mass is 377 g/mol. The summed E-state index contributed by atoms with van der Waals surface area (Å²) in [6.07, 6.45) is -5.33. The van der Waals surface area contributed by atoms with Gasteiger partial charge in [0.25, 0.3) is 5.95 Å². The fraction of sp³-hybridized carbons (Fsp3) is 0.278. The number of rotatable bonds is 4. The number of aliphatic hydroxyl groups excluding tert-OH is 1. The lowest BCUT2D eigenvalue weighted by molar-refractivity contribution is -0.137. The van der Waals surface area contributed by atoms with Crippen LogP contribution in [0.3, 0.4) is 0 Å². The normalized spacial score (nSPS) is 12.9. The van der Waals surface area contributed by atoms with Crippen molar-refractivity contribution in [2.45, 2.75) is 33.1 Å². The highest BCUT2D eigenvalue weighted by Gasteiger charge is 2.30. The summed E-state index contributed by atoms with van der Waals surface area (Å²) >= 11 is 0. The molecule has 3 aromatic rings. The summed E-state index contributed by atoms with van der Waals surface area (Å²) < 4.78 is 40.2. The summed E-state index contributed by atoms with van der Waals surface area (Å²) in [7, 11) is 0. The third kappa shape index (κ3) is 4.25. The van der Waals surface area contributed by atoms with Crippen molar-refractivity contribution in [2.75, 3.05) is 5.32 Å². The van der Waals surface area contributed by atoms with Gasteiger partial charge in [-0.15, -0.1) is 0 Å². The van der Waals surface area contributed by atoms with E-state index in [-0.39, 0.29) is 17.5 Å². The molecule has 0 bridgehead atoms. The van der Waals surface area contributed by atoms with E-state index in [2.05, 4.69) is 20.4 Å². The fourth-order valence-corrected chi connectivity index (χ4v) is 2.58. The molecule has 0 amide bonds. The zero-order chi connectivity index (χ0) is 19.8. The van der Waals surface area contributed by atoms with Crippen LogP contribution < -0.4 is 5.32 Å². The van der Waals surface area contributed by atoms with Crippen molar-refractivity contribution in [1.82, 2.24) is 19.7 Å². The van der Waals surface area contributed by atoms with Crippen molar-refractivity contribution < 1.29 is 18.3 Å². The molecule has 0 fully saturated rings. The fourth-order valence-electron chi connectivity index (χ4n) is 2.58. The van der Waals surface area contributed by atoms with Crippen molar-refractivity contribution in [3.8, 4) is 5.95 Å². The van der Waals surface area contributed by atoms with Gasteiger partial charge in [0, 0.05) is 17.4 Å². The van der Waals surface area contributed by atoms with Gasteiger partial charge in [-0.2, -0.15) is 23.3 Å². The van der Waals surface area contributed by atoms with Gasteiger partial charge in [0.1, 0.15) is 5.82 Å². The molecule has 0 aliphatic rings. The largest absolute Gasteiger partial charge is 0.416 e. The molecule has 0 aliphatic carbocycles. The number of alkyl halides is 3. The van der Waals surface area contributed by atoms with E-state index in [1.807, 2.05) is 19.9 Å². The summed E-state index contributed by atoms with van der Waals surface area (Å²) in [5.74, 6) is 0.469. The zero-order valence-electron chi connectivity index (χ0n) is 14.9. The van der Waals surface area contributed by atoms with E-state index < -0.39 is 17.8 Å². The van der Waals surface area contributed by atoms with Gasteiger partial charge in [0.2, 0.25) is 0 Å². The van der Waals surface area contributed by atoms with E-state index in [1.54, 1.807) is 6.92 Å². The molecule has 2 aromatic heterocycles. The van der Waals surface area contributed by atoms with Crippen LogP contribution in [-0.2, 0) is 6.18 Å². The third-order valence-electron chi connectivity index (χ3n) is 3.82. The topological polar surface area (TPSA) is 75.9 Å². The SMILES string of the molecule is Cc1cc(C)n(-c2nc(Nc3cccc(C(F)(F)F)c3)cc(C(C)O)n2)n1. The lowest BCUT2D eigenvalue weighted by Gasteiger charge is -2.13. The van der Waals surface area contributed by atoms with Gasteiger partial charge in [0.05, 0.1) is 23.1 Å². The van der Waals surface area contributed by atoms with Crippen LogP contribution in [0.1, 0.15) is 35.7 Å². The number of benzene rings is 1. The van der Waals surface area contributed by atoms with Crippen molar-refractivity contribution >= 4 is 11.5 Å². The van der Waals surface area contributed by atoms with Crippen LogP contribution in [0.15, 0.2) is 36.4 Å². The molecule has 3 rings (SSSR count). The maximum Gasteiger partial charge on any atom is 0.416 e. The number of anilines is 2. The van der Waals surface area contributed by atoms with Crippen LogP contribution in [0.2, 0.25) is 0 Å². The second-order valence-electron chi connectivity index (χ2n) is 6.20. The summed E-state index contributed by atoms with van der Waals surface area (Å²) in [4.78, 5) is 8.63. The quantitative estimate of drug-likeness (QED) is 0.716. The number of hydrogen-bond acceptors (Lipinski definition) is 5. The van der Waals surface area contributed by atoms with Crippen LogP contribution in [0.4, 0.5) is 24.7 Å². The number of aliphatic hydroxyl groups is 1. The van der Waals surface area contributed by atoms with Gasteiger partial charge < -0.3 is 10.4 Å². The van der Waals surface area contributed by atoms with Gasteiger partial charge in [-0.3, -0.25) is 0 Å². The standard InChI is InChI=1S/C18H18F3N5O/c1-10-7-11(2)26(25-10)17-23-15(12(3)27)9-16(24-17)22-14-6-4-5-13(8-14)18(19,20)21/h4-9,12,27H,1-3H3,(H,22,23,24). The average molecular weight is 377 g/mol. The number of halogens is 3. The molecule has 0 saturated heterocycles. The van der Waals surface area contributed by atoms with Gasteiger partial charge in [0.15, 0.2) is 0 Å². The van der Waals surface area contributed by atoms with Crippen LogP contribution in [0, 0.1) is 13.8 Å². The molecule has 27 heavy (non-hydrogen) atoms. The maximum absolute atomic E-state index is 12.9. The molecule has 9 heteroatoms. The Labute approximate surface area is 153 Å². The molecule has 1 unspecified atom stereocenters. The maximum atomic E-state index is 12.9. The highest BCUT2D eigenvalue weighted by molar-refractivity contribution is 5.58. The highest BCUT2D eigenvalue weighted by Crippen LogP contribution is 2.31. The van der Waals surface area contributed by atoms with E-state index >= 15 is 0 Å². The van der Waals surface area contributed by atoms with Crippen LogP contribution >= 0.6 is 0 Å². The van der Waals surface area contributed by atoms with Crippen LogP contribution in [-0.4, -0.2) is 24.9 Å². The molecule has 2 heterocycles. The second kappa shape index (κ2) is 6.99. The van der Waals surface area contributed by atoms with E-state index in [0.29, 0.717) is 5.69 Å². The Morgan fingerprint density at radius 2 is 1.85 bits per heavy atom. The van der Waals surface area contributed by atoms with Gasteiger partial charge in [-0.05, 0) is 45.0 Å². The lowest BCUT2D eigenvalue weighted by atomic mass is 10.2. The van der Waals surface area contributed by atoms with E-state index in [1.165, 1.54) is 22.9 Å². The molecule has 142 valence electrons. The first-order chi connectivity index (χ1) is 12.6. The second-order valence-corrected chi connectivity index (χ2v) is 6.20. The molecular weight excluding hydrogens is 359 g/mol. The van der Waals surface area contributed by atoms with E-state index in [9.17, 15) is 18.3 Å². The summed E-state index contributed by atoms with van der Waals surface area (Å²) in [5.41, 5.74) is 1.34. The first-order valence-corrected chi connectivity index (χ1v) is 8.18. The number of nitrogens with one attached hydrogen (secondary N) is 1. The predicted molar refractivity (Wildman–Crippen MR) is 94.0 cm³/mol. The van der Waals surface area contributed by atoms with Crippen molar-refractivity contribution in [3.63, 3.8) is 0 Å². The summed E-state index contributed by atoms with van der Waals surface area (Å²) in [5, 5.41) is 17.1. The Morgan fingerprint density at radius 1 is 1.11 bits per heavy atom. The number of aryl methyl sites for hydroxylation is 2. The Hall–Kier alpha value is -2.94. The smallest absolute Gasteiger partial charge is 0.387 e. The van der Waals surface area contributed by atoms with Crippen molar-refractivity contribution in [1.29, 1.82) is 0 Å². The molecule has 0 saturated carbocycles. The summed E-state index contributed by atoms with van der Waals surface area (Å²) in [6, 6.07) is 8.13. The van der Waals surface area contributed by atoms with Crippen LogP contribution in [0.25, 0.3) is 5.95 Å². The minimum Gasteiger partial charge on any atom is -0.387 e. The molecule has 2 N–H and O–H groups in total. The predicted octanol–water partition coefficient (Wildman–Crippen LogP) is 4.09. The minimum atomic E-state index is -4.44. The average Bonchev–Trinajstić information content (AvgIpc) is 2.92. The molecular formula is C18H18F3N5O. The van der Waals surface area contributed by atoms with Crippen molar-refractivity contribution in [2.24, 2.45) is 0 Å². The molecule has 0 radical (unpaired) electrons. The molecule has 0 aliphatic heterocycles. The molecule has 6 nitrogen and oxygen atoms in total. The van der Waals surface area contributed by atoms with Crippen molar-refractivity contribution in [3.05, 3.63) is 59.0 Å². The molecule has 1 atom stereocenters.